The number of nitrogens with one attached hydrogen (secondary N) is 1. The first-order valence-electron chi connectivity index (χ1n) is 7.49. The van der Waals surface area contributed by atoms with Crippen LogP contribution >= 0.6 is 0 Å². The first kappa shape index (κ1) is 15.2. The van der Waals surface area contributed by atoms with E-state index >= 15 is 0 Å². The van der Waals surface area contributed by atoms with Crippen molar-refractivity contribution in [3.63, 3.8) is 0 Å². The second-order valence-corrected chi connectivity index (χ2v) is 5.51. The second kappa shape index (κ2) is 6.98. The van der Waals surface area contributed by atoms with E-state index in [1.165, 1.54) is 30.5 Å². The summed E-state index contributed by atoms with van der Waals surface area (Å²) in [6.07, 6.45) is 7.49. The molecule has 20 heavy (non-hydrogen) atoms. The zero-order valence-corrected chi connectivity index (χ0v) is 12.3. The van der Waals surface area contributed by atoms with Gasteiger partial charge in [0, 0.05) is 11.6 Å². The van der Waals surface area contributed by atoms with Crippen LogP contribution in [-0.2, 0) is 0 Å². The molecule has 0 bridgehead atoms. The molecule has 0 aliphatic heterocycles. The molecule has 0 radical (unpaired) electrons. The van der Waals surface area contributed by atoms with Crippen molar-refractivity contribution in [2.45, 2.75) is 52.0 Å². The number of halogens is 2. The first-order valence-corrected chi connectivity index (χ1v) is 7.49. The average molecular weight is 279 g/mol. The minimum atomic E-state index is -0.449. The Morgan fingerprint density at radius 2 is 2.05 bits per heavy atom. The fourth-order valence-corrected chi connectivity index (χ4v) is 2.87. The van der Waals surface area contributed by atoms with E-state index in [1.807, 2.05) is 6.92 Å². The van der Waals surface area contributed by atoms with Crippen LogP contribution in [0.15, 0.2) is 23.8 Å². The largest absolute Gasteiger partial charge is 0.310 e. The minimum absolute atomic E-state index is 0.193. The van der Waals surface area contributed by atoms with Crippen LogP contribution in [-0.4, -0.2) is 6.54 Å². The number of rotatable bonds is 5. The predicted octanol–water partition coefficient (Wildman–Crippen LogP) is 4.81. The summed E-state index contributed by atoms with van der Waals surface area (Å²) in [6.45, 7) is 4.35. The van der Waals surface area contributed by atoms with Crippen LogP contribution in [0.5, 0.6) is 0 Å². The van der Waals surface area contributed by atoms with Gasteiger partial charge in [0.2, 0.25) is 0 Å². The fourth-order valence-electron chi connectivity index (χ4n) is 2.87. The molecule has 1 aromatic carbocycles. The molecule has 0 spiro atoms. The van der Waals surface area contributed by atoms with Gasteiger partial charge in [-0.05, 0) is 57.2 Å². The van der Waals surface area contributed by atoms with Gasteiger partial charge < -0.3 is 5.32 Å². The SMILES string of the molecule is CCNC(CC1=CCCCC1)c1c(F)ccc(C)c1F. The third-order valence-corrected chi connectivity index (χ3v) is 3.97. The van der Waals surface area contributed by atoms with Crippen molar-refractivity contribution in [3.05, 3.63) is 46.5 Å². The lowest BCUT2D eigenvalue weighted by Gasteiger charge is -2.23. The molecule has 0 heterocycles. The molecule has 0 fully saturated rings. The summed E-state index contributed by atoms with van der Waals surface area (Å²) in [6, 6.07) is 2.59. The van der Waals surface area contributed by atoms with E-state index in [-0.39, 0.29) is 11.6 Å². The average Bonchev–Trinajstić information content (AvgIpc) is 2.45. The van der Waals surface area contributed by atoms with Crippen molar-refractivity contribution in [1.82, 2.24) is 5.32 Å². The highest BCUT2D eigenvalue weighted by Crippen LogP contribution is 2.31. The Morgan fingerprint density at radius 3 is 2.70 bits per heavy atom. The summed E-state index contributed by atoms with van der Waals surface area (Å²) < 4.78 is 28.3. The molecule has 0 amide bonds. The van der Waals surface area contributed by atoms with Gasteiger partial charge in [-0.25, -0.2) is 8.78 Å². The highest BCUT2D eigenvalue weighted by atomic mass is 19.1. The molecular formula is C17H23F2N. The van der Waals surface area contributed by atoms with Crippen LogP contribution in [0, 0.1) is 18.6 Å². The molecule has 0 aromatic heterocycles. The zero-order chi connectivity index (χ0) is 14.5. The molecule has 0 saturated carbocycles. The maximum Gasteiger partial charge on any atom is 0.133 e. The van der Waals surface area contributed by atoms with Gasteiger partial charge in [0.1, 0.15) is 11.6 Å². The van der Waals surface area contributed by atoms with Gasteiger partial charge in [-0.3, -0.25) is 0 Å². The lowest BCUT2D eigenvalue weighted by atomic mass is 9.90. The number of allylic oxidation sites excluding steroid dienone is 1. The van der Waals surface area contributed by atoms with Crippen molar-refractivity contribution in [3.8, 4) is 0 Å². The quantitative estimate of drug-likeness (QED) is 0.762. The fraction of sp³-hybridized carbons (Fsp3) is 0.529. The van der Waals surface area contributed by atoms with E-state index in [0.29, 0.717) is 18.5 Å². The number of aryl methyl sites for hydroxylation is 1. The van der Waals surface area contributed by atoms with Crippen molar-refractivity contribution in [2.24, 2.45) is 0 Å². The second-order valence-electron chi connectivity index (χ2n) is 5.51. The van der Waals surface area contributed by atoms with Crippen molar-refractivity contribution in [2.75, 3.05) is 6.54 Å². The molecule has 1 aromatic rings. The summed E-state index contributed by atoms with van der Waals surface area (Å²) in [5.41, 5.74) is 2.02. The highest BCUT2D eigenvalue weighted by Gasteiger charge is 2.22. The lowest BCUT2D eigenvalue weighted by Crippen LogP contribution is -2.24. The van der Waals surface area contributed by atoms with Crippen LogP contribution in [0.4, 0.5) is 8.78 Å². The van der Waals surface area contributed by atoms with Crippen LogP contribution in [0.2, 0.25) is 0 Å². The lowest BCUT2D eigenvalue weighted by molar-refractivity contribution is 0.462. The zero-order valence-electron chi connectivity index (χ0n) is 12.3. The summed E-state index contributed by atoms with van der Waals surface area (Å²) >= 11 is 0. The Labute approximate surface area is 120 Å². The molecular weight excluding hydrogens is 256 g/mol. The highest BCUT2D eigenvalue weighted by molar-refractivity contribution is 5.30. The molecule has 0 saturated heterocycles. The van der Waals surface area contributed by atoms with Gasteiger partial charge in [-0.2, -0.15) is 0 Å². The van der Waals surface area contributed by atoms with Crippen molar-refractivity contribution >= 4 is 0 Å². The summed E-state index contributed by atoms with van der Waals surface area (Å²) in [4.78, 5) is 0. The topological polar surface area (TPSA) is 12.0 Å². The summed E-state index contributed by atoms with van der Waals surface area (Å²) in [5, 5.41) is 3.23. The molecule has 1 aliphatic carbocycles. The van der Waals surface area contributed by atoms with Gasteiger partial charge in [-0.1, -0.05) is 24.6 Å². The molecule has 1 aliphatic rings. The number of hydrogen-bond acceptors (Lipinski definition) is 1. The van der Waals surface area contributed by atoms with E-state index in [2.05, 4.69) is 11.4 Å². The third kappa shape index (κ3) is 3.45. The molecule has 1 nitrogen and oxygen atoms in total. The van der Waals surface area contributed by atoms with Crippen molar-refractivity contribution < 1.29 is 8.78 Å². The minimum Gasteiger partial charge on any atom is -0.310 e. The Bertz CT molecular complexity index is 494. The molecule has 1 atom stereocenters. The normalized spacial score (nSPS) is 16.9. The number of hydrogen-bond donors (Lipinski definition) is 1. The van der Waals surface area contributed by atoms with Gasteiger partial charge in [0.25, 0.3) is 0 Å². The maximum atomic E-state index is 14.3. The molecule has 1 unspecified atom stereocenters. The van der Waals surface area contributed by atoms with Gasteiger partial charge >= 0.3 is 0 Å². The van der Waals surface area contributed by atoms with E-state index < -0.39 is 11.6 Å². The van der Waals surface area contributed by atoms with E-state index in [0.717, 1.165) is 12.8 Å². The summed E-state index contributed by atoms with van der Waals surface area (Å²) in [5.74, 6) is -0.859. The molecule has 3 heteroatoms. The van der Waals surface area contributed by atoms with Gasteiger partial charge in [-0.15, -0.1) is 0 Å². The van der Waals surface area contributed by atoms with E-state index in [9.17, 15) is 8.78 Å². The number of benzene rings is 1. The maximum absolute atomic E-state index is 14.3. The van der Waals surface area contributed by atoms with E-state index in [4.69, 9.17) is 0 Å². The molecule has 1 N–H and O–H groups in total. The Kier molecular flexibility index (Phi) is 5.30. The Hall–Kier alpha value is -1.22. The molecule has 110 valence electrons. The van der Waals surface area contributed by atoms with Crippen LogP contribution in [0.1, 0.15) is 56.2 Å². The van der Waals surface area contributed by atoms with Crippen molar-refractivity contribution in [1.29, 1.82) is 0 Å². The Balaban J connectivity index is 2.28. The first-order chi connectivity index (χ1) is 9.63. The Morgan fingerprint density at radius 1 is 1.25 bits per heavy atom. The summed E-state index contributed by atoms with van der Waals surface area (Å²) in [7, 11) is 0. The third-order valence-electron chi connectivity index (χ3n) is 3.97. The standard InChI is InChI=1S/C17H23F2N/c1-3-20-15(11-13-7-5-4-6-8-13)16-14(18)10-9-12(2)17(16)19/h7,9-10,15,20H,3-6,8,11H2,1-2H3. The predicted molar refractivity (Wildman–Crippen MR) is 78.7 cm³/mol. The monoisotopic (exact) mass is 279 g/mol. The van der Waals surface area contributed by atoms with Gasteiger partial charge in [0.05, 0.1) is 0 Å². The van der Waals surface area contributed by atoms with Gasteiger partial charge in [0.15, 0.2) is 0 Å². The van der Waals surface area contributed by atoms with Crippen LogP contribution < -0.4 is 5.32 Å². The van der Waals surface area contributed by atoms with Crippen LogP contribution in [0.25, 0.3) is 0 Å². The van der Waals surface area contributed by atoms with E-state index in [1.54, 1.807) is 6.92 Å². The van der Waals surface area contributed by atoms with Crippen LogP contribution in [0.3, 0.4) is 0 Å². The smallest absolute Gasteiger partial charge is 0.133 e. The molecule has 2 rings (SSSR count).